The second-order valence-corrected chi connectivity index (χ2v) is 5.06. The van der Waals surface area contributed by atoms with Crippen molar-refractivity contribution in [3.05, 3.63) is 34.1 Å². The zero-order valence-electron chi connectivity index (χ0n) is 10.9. The molecule has 0 atom stereocenters. The third kappa shape index (κ3) is 2.62. The Labute approximate surface area is 115 Å². The second kappa shape index (κ2) is 5.54. The highest BCUT2D eigenvalue weighted by molar-refractivity contribution is 5.97. The van der Waals surface area contributed by atoms with E-state index in [2.05, 4.69) is 5.32 Å². The fraction of sp³-hybridized carbons (Fsp3) is 0.462. The van der Waals surface area contributed by atoms with Crippen molar-refractivity contribution in [3.8, 4) is 0 Å². The van der Waals surface area contributed by atoms with Gasteiger partial charge in [0.05, 0.1) is 10.3 Å². The molecule has 3 N–H and O–H groups in total. The Morgan fingerprint density at radius 2 is 2.10 bits per heavy atom. The molecule has 0 spiro atoms. The molecule has 7 heteroatoms. The van der Waals surface area contributed by atoms with Gasteiger partial charge in [0.25, 0.3) is 5.69 Å². The molecule has 1 aromatic carbocycles. The predicted octanol–water partition coefficient (Wildman–Crippen LogP) is 2.19. The number of nitrogens with one attached hydrogen (secondary N) is 1. The minimum atomic E-state index is -0.694. The van der Waals surface area contributed by atoms with Crippen LogP contribution in [0.4, 0.5) is 15.8 Å². The number of nitro benzene ring substituents is 1. The van der Waals surface area contributed by atoms with E-state index in [-0.39, 0.29) is 23.8 Å². The monoisotopic (exact) mass is 281 g/mol. The van der Waals surface area contributed by atoms with E-state index in [1.165, 1.54) is 0 Å². The molecule has 1 fully saturated rings. The number of carbonyl (C=O) groups excluding carboxylic acids is 1. The van der Waals surface area contributed by atoms with Gasteiger partial charge in [-0.1, -0.05) is 12.8 Å². The number of amides is 1. The Bertz CT molecular complexity index is 542. The highest BCUT2D eigenvalue weighted by atomic mass is 19.1. The summed E-state index contributed by atoms with van der Waals surface area (Å²) < 4.78 is 13.2. The van der Waals surface area contributed by atoms with Gasteiger partial charge in [0.1, 0.15) is 11.5 Å². The van der Waals surface area contributed by atoms with Crippen molar-refractivity contribution < 1.29 is 14.1 Å². The third-order valence-electron chi connectivity index (χ3n) is 3.84. The molecular formula is C13H16FN3O3. The molecule has 0 unspecified atom stereocenters. The van der Waals surface area contributed by atoms with E-state index < -0.39 is 16.2 Å². The average molecular weight is 281 g/mol. The number of benzene rings is 1. The van der Waals surface area contributed by atoms with Gasteiger partial charge in [-0.05, 0) is 18.9 Å². The summed E-state index contributed by atoms with van der Waals surface area (Å²) in [6.45, 7) is 0.182. The largest absolute Gasteiger partial charge is 0.329 e. The fourth-order valence-corrected chi connectivity index (χ4v) is 2.60. The van der Waals surface area contributed by atoms with Crippen LogP contribution in [-0.4, -0.2) is 17.4 Å². The molecule has 6 nitrogen and oxygen atoms in total. The normalized spacial score (nSPS) is 16.9. The Morgan fingerprint density at radius 3 is 2.65 bits per heavy atom. The molecule has 1 amide bonds. The van der Waals surface area contributed by atoms with E-state index in [1.54, 1.807) is 0 Å². The van der Waals surface area contributed by atoms with Crippen LogP contribution >= 0.6 is 0 Å². The minimum Gasteiger partial charge on any atom is -0.329 e. The summed E-state index contributed by atoms with van der Waals surface area (Å²) in [7, 11) is 0. The second-order valence-electron chi connectivity index (χ2n) is 5.06. The lowest BCUT2D eigenvalue weighted by atomic mass is 9.85. The van der Waals surface area contributed by atoms with E-state index in [0.29, 0.717) is 12.8 Å². The summed E-state index contributed by atoms with van der Waals surface area (Å²) in [5, 5.41) is 13.4. The average Bonchev–Trinajstić information content (AvgIpc) is 2.88. The number of carbonyl (C=O) groups is 1. The molecule has 0 heterocycles. The van der Waals surface area contributed by atoms with Crippen LogP contribution < -0.4 is 11.1 Å². The predicted molar refractivity (Wildman–Crippen MR) is 71.6 cm³/mol. The van der Waals surface area contributed by atoms with Crippen LogP contribution in [0, 0.1) is 21.3 Å². The van der Waals surface area contributed by atoms with Crippen molar-refractivity contribution in [1.29, 1.82) is 0 Å². The maximum Gasteiger partial charge on any atom is 0.292 e. The van der Waals surface area contributed by atoms with Crippen LogP contribution in [0.15, 0.2) is 18.2 Å². The number of nitrogens with zero attached hydrogens (tertiary/aromatic N) is 1. The van der Waals surface area contributed by atoms with Crippen LogP contribution in [0.1, 0.15) is 25.7 Å². The first kappa shape index (κ1) is 14.4. The van der Waals surface area contributed by atoms with Gasteiger partial charge in [-0.3, -0.25) is 14.9 Å². The van der Waals surface area contributed by atoms with Gasteiger partial charge >= 0.3 is 0 Å². The van der Waals surface area contributed by atoms with E-state index in [9.17, 15) is 19.3 Å². The number of nitro groups is 1. The summed E-state index contributed by atoms with van der Waals surface area (Å²) in [5.74, 6) is -1.01. The molecule has 0 radical (unpaired) electrons. The van der Waals surface area contributed by atoms with Gasteiger partial charge in [-0.25, -0.2) is 4.39 Å². The fourth-order valence-electron chi connectivity index (χ4n) is 2.60. The van der Waals surface area contributed by atoms with Crippen molar-refractivity contribution in [2.75, 3.05) is 11.9 Å². The Kier molecular flexibility index (Phi) is 3.99. The van der Waals surface area contributed by atoms with Crippen LogP contribution in [0.25, 0.3) is 0 Å². The summed E-state index contributed by atoms with van der Waals surface area (Å²) in [6, 6.07) is 2.98. The summed E-state index contributed by atoms with van der Waals surface area (Å²) in [4.78, 5) is 22.6. The van der Waals surface area contributed by atoms with Crippen LogP contribution in [-0.2, 0) is 4.79 Å². The van der Waals surface area contributed by atoms with Gasteiger partial charge in [0.15, 0.2) is 0 Å². The molecule has 0 saturated heterocycles. The van der Waals surface area contributed by atoms with Crippen molar-refractivity contribution in [2.24, 2.45) is 11.1 Å². The van der Waals surface area contributed by atoms with Gasteiger partial charge in [0, 0.05) is 18.7 Å². The molecule has 1 aromatic rings. The van der Waals surface area contributed by atoms with Crippen LogP contribution in [0.3, 0.4) is 0 Å². The molecule has 0 bridgehead atoms. The zero-order valence-corrected chi connectivity index (χ0v) is 10.9. The first-order valence-electron chi connectivity index (χ1n) is 6.44. The van der Waals surface area contributed by atoms with Crippen LogP contribution in [0.2, 0.25) is 0 Å². The van der Waals surface area contributed by atoms with Crippen molar-refractivity contribution in [1.82, 2.24) is 0 Å². The Hall–Kier alpha value is -2.02. The molecule has 1 aliphatic rings. The summed E-state index contributed by atoms with van der Waals surface area (Å²) >= 11 is 0. The molecule has 2 rings (SSSR count). The molecule has 108 valence electrons. The molecule has 0 aliphatic heterocycles. The highest BCUT2D eigenvalue weighted by Crippen LogP contribution is 2.39. The topological polar surface area (TPSA) is 98.3 Å². The van der Waals surface area contributed by atoms with E-state index in [1.807, 2.05) is 0 Å². The summed E-state index contributed by atoms with van der Waals surface area (Å²) in [6.07, 6.45) is 3.10. The summed E-state index contributed by atoms with van der Waals surface area (Å²) in [5.41, 5.74) is 4.53. The molecular weight excluding hydrogens is 265 g/mol. The van der Waals surface area contributed by atoms with Crippen molar-refractivity contribution in [3.63, 3.8) is 0 Å². The zero-order chi connectivity index (χ0) is 14.8. The van der Waals surface area contributed by atoms with Gasteiger partial charge in [-0.15, -0.1) is 0 Å². The van der Waals surface area contributed by atoms with E-state index >= 15 is 0 Å². The maximum atomic E-state index is 13.2. The number of anilines is 1. The number of halogens is 1. The van der Waals surface area contributed by atoms with Gasteiger partial charge in [0.2, 0.25) is 5.91 Å². The van der Waals surface area contributed by atoms with Gasteiger partial charge < -0.3 is 11.1 Å². The first-order valence-corrected chi connectivity index (χ1v) is 6.44. The smallest absolute Gasteiger partial charge is 0.292 e. The van der Waals surface area contributed by atoms with E-state index in [0.717, 1.165) is 31.0 Å². The quantitative estimate of drug-likeness (QED) is 0.652. The standard InChI is InChI=1S/C13H16FN3O3/c14-9-3-4-11(17(19)20)10(7-9)16-12(18)13(8-15)5-1-2-6-13/h3-4,7H,1-2,5-6,8,15H2,(H,16,18). The van der Waals surface area contributed by atoms with E-state index in [4.69, 9.17) is 5.73 Å². The molecule has 0 aromatic heterocycles. The maximum absolute atomic E-state index is 13.2. The molecule has 20 heavy (non-hydrogen) atoms. The Balaban J connectivity index is 2.27. The lowest BCUT2D eigenvalue weighted by Gasteiger charge is -2.25. The molecule has 1 saturated carbocycles. The lowest BCUT2D eigenvalue weighted by molar-refractivity contribution is -0.384. The highest BCUT2D eigenvalue weighted by Gasteiger charge is 2.40. The molecule has 1 aliphatic carbocycles. The van der Waals surface area contributed by atoms with Gasteiger partial charge in [-0.2, -0.15) is 0 Å². The van der Waals surface area contributed by atoms with Crippen molar-refractivity contribution >= 4 is 17.3 Å². The third-order valence-corrected chi connectivity index (χ3v) is 3.84. The van der Waals surface area contributed by atoms with Crippen molar-refractivity contribution in [2.45, 2.75) is 25.7 Å². The Morgan fingerprint density at radius 1 is 1.45 bits per heavy atom. The first-order chi connectivity index (χ1) is 9.48. The van der Waals surface area contributed by atoms with Crippen LogP contribution in [0.5, 0.6) is 0 Å². The SMILES string of the molecule is NCC1(C(=O)Nc2cc(F)ccc2[N+](=O)[O-])CCCC1. The number of rotatable bonds is 4. The number of nitrogens with two attached hydrogens (primary N) is 1. The lowest BCUT2D eigenvalue weighted by Crippen LogP contribution is -2.40. The number of hydrogen-bond acceptors (Lipinski definition) is 4. The minimum absolute atomic E-state index is 0.125. The number of hydrogen-bond donors (Lipinski definition) is 2.